The van der Waals surface area contributed by atoms with Crippen LogP contribution in [0.4, 0.5) is 5.69 Å². The number of halogens is 1. The summed E-state index contributed by atoms with van der Waals surface area (Å²) in [6.45, 7) is 1.82. The fourth-order valence-electron chi connectivity index (χ4n) is 1.63. The molecule has 4 nitrogen and oxygen atoms in total. The van der Waals surface area contributed by atoms with Crippen LogP contribution in [0.1, 0.15) is 15.9 Å². The number of nitrogens with zero attached hydrogens (tertiary/aromatic N) is 1. The van der Waals surface area contributed by atoms with Crippen molar-refractivity contribution in [3.05, 3.63) is 63.0 Å². The summed E-state index contributed by atoms with van der Waals surface area (Å²) in [7, 11) is 1.63. The highest BCUT2D eigenvalue weighted by Gasteiger charge is 2.09. The van der Waals surface area contributed by atoms with Crippen LogP contribution in [-0.2, 0) is 7.05 Å². The summed E-state index contributed by atoms with van der Waals surface area (Å²) in [5.41, 5.74) is 1.53. The summed E-state index contributed by atoms with van der Waals surface area (Å²) in [6, 6.07) is 8.17. The lowest BCUT2D eigenvalue weighted by Gasteiger charge is -2.09. The van der Waals surface area contributed by atoms with E-state index in [1.54, 1.807) is 37.5 Å². The molecule has 1 aromatic heterocycles. The minimum atomic E-state index is -0.330. The van der Waals surface area contributed by atoms with E-state index in [-0.39, 0.29) is 11.5 Å². The van der Waals surface area contributed by atoms with Crippen molar-refractivity contribution < 1.29 is 4.79 Å². The van der Waals surface area contributed by atoms with Gasteiger partial charge in [-0.3, -0.25) is 9.59 Å². The van der Waals surface area contributed by atoms with Gasteiger partial charge in [-0.15, -0.1) is 0 Å². The van der Waals surface area contributed by atoms with Crippen molar-refractivity contribution in [3.63, 3.8) is 0 Å². The first-order valence-corrected chi connectivity index (χ1v) is 6.10. The zero-order valence-electron chi connectivity index (χ0n) is 10.6. The van der Waals surface area contributed by atoms with Crippen molar-refractivity contribution in [3.8, 4) is 0 Å². The molecule has 19 heavy (non-hydrogen) atoms. The zero-order valence-corrected chi connectivity index (χ0v) is 11.4. The number of rotatable bonds is 2. The number of hydrogen-bond acceptors (Lipinski definition) is 2. The van der Waals surface area contributed by atoms with E-state index in [2.05, 4.69) is 5.32 Å². The molecular formula is C14H13ClN2O2. The largest absolute Gasteiger partial charge is 0.322 e. The first kappa shape index (κ1) is 13.4. The molecule has 1 N–H and O–H groups in total. The molecule has 0 atom stereocenters. The third-order valence-electron chi connectivity index (χ3n) is 2.88. The number of aromatic nitrogens is 1. The topological polar surface area (TPSA) is 51.1 Å². The van der Waals surface area contributed by atoms with Gasteiger partial charge in [0.1, 0.15) is 0 Å². The molecule has 1 aromatic carbocycles. The highest BCUT2D eigenvalue weighted by molar-refractivity contribution is 6.31. The Bertz CT molecular complexity index is 692. The van der Waals surface area contributed by atoms with Crippen LogP contribution < -0.4 is 10.9 Å². The van der Waals surface area contributed by atoms with E-state index in [0.717, 1.165) is 5.56 Å². The van der Waals surface area contributed by atoms with Crippen LogP contribution in [0.5, 0.6) is 0 Å². The molecule has 0 saturated carbocycles. The SMILES string of the molecule is Cc1c(Cl)cccc1NC(=O)c1ccn(C)c(=O)c1. The number of hydrogen-bond donors (Lipinski definition) is 1. The Morgan fingerprint density at radius 2 is 2.05 bits per heavy atom. The third kappa shape index (κ3) is 2.85. The summed E-state index contributed by atoms with van der Waals surface area (Å²) >= 11 is 5.98. The van der Waals surface area contributed by atoms with Crippen molar-refractivity contribution in [2.45, 2.75) is 6.92 Å². The molecule has 0 aliphatic rings. The minimum Gasteiger partial charge on any atom is -0.322 e. The maximum absolute atomic E-state index is 12.0. The molecular weight excluding hydrogens is 264 g/mol. The fraction of sp³-hybridized carbons (Fsp3) is 0.143. The Morgan fingerprint density at radius 3 is 2.74 bits per heavy atom. The van der Waals surface area contributed by atoms with Crippen molar-refractivity contribution >= 4 is 23.2 Å². The Morgan fingerprint density at radius 1 is 1.32 bits per heavy atom. The summed E-state index contributed by atoms with van der Waals surface area (Å²) in [5, 5.41) is 3.33. The smallest absolute Gasteiger partial charge is 0.255 e. The molecule has 0 radical (unpaired) electrons. The number of pyridine rings is 1. The van der Waals surface area contributed by atoms with E-state index in [1.165, 1.54) is 10.6 Å². The number of benzene rings is 1. The Balaban J connectivity index is 2.28. The van der Waals surface area contributed by atoms with Gasteiger partial charge in [-0.05, 0) is 30.7 Å². The summed E-state index contributed by atoms with van der Waals surface area (Å²) in [4.78, 5) is 23.5. The van der Waals surface area contributed by atoms with Crippen molar-refractivity contribution in [1.82, 2.24) is 4.57 Å². The van der Waals surface area contributed by atoms with Gasteiger partial charge >= 0.3 is 0 Å². The number of anilines is 1. The monoisotopic (exact) mass is 276 g/mol. The molecule has 0 aliphatic carbocycles. The van der Waals surface area contributed by atoms with Gasteiger partial charge in [-0.2, -0.15) is 0 Å². The normalized spacial score (nSPS) is 10.3. The van der Waals surface area contributed by atoms with Gasteiger partial charge in [0.2, 0.25) is 0 Å². The standard InChI is InChI=1S/C14H13ClN2O2/c1-9-11(15)4-3-5-12(9)16-14(19)10-6-7-17(2)13(18)8-10/h3-8H,1-2H3,(H,16,19). The van der Waals surface area contributed by atoms with Crippen LogP contribution in [0.2, 0.25) is 5.02 Å². The molecule has 2 rings (SSSR count). The molecule has 1 heterocycles. The molecule has 98 valence electrons. The highest BCUT2D eigenvalue weighted by Crippen LogP contribution is 2.23. The van der Waals surface area contributed by atoms with Crippen LogP contribution in [0.15, 0.2) is 41.3 Å². The van der Waals surface area contributed by atoms with Crippen molar-refractivity contribution in [2.24, 2.45) is 7.05 Å². The van der Waals surface area contributed by atoms with Crippen molar-refractivity contribution in [2.75, 3.05) is 5.32 Å². The van der Waals surface area contributed by atoms with Gasteiger partial charge in [0.05, 0.1) is 0 Å². The predicted octanol–water partition coefficient (Wildman–Crippen LogP) is 2.60. The molecule has 0 aliphatic heterocycles. The van der Waals surface area contributed by atoms with Gasteiger partial charge in [0.25, 0.3) is 11.5 Å². The Hall–Kier alpha value is -2.07. The van der Waals surface area contributed by atoms with Crippen molar-refractivity contribution in [1.29, 1.82) is 0 Å². The van der Waals surface area contributed by atoms with E-state index in [1.807, 2.05) is 6.92 Å². The summed E-state index contributed by atoms with van der Waals surface area (Å²) in [5.74, 6) is -0.330. The maximum Gasteiger partial charge on any atom is 0.255 e. The number of nitrogens with one attached hydrogen (secondary N) is 1. The average molecular weight is 277 g/mol. The second-order valence-corrected chi connectivity index (χ2v) is 4.64. The fourth-order valence-corrected chi connectivity index (χ4v) is 1.80. The lowest BCUT2D eigenvalue weighted by molar-refractivity contribution is 0.102. The van der Waals surface area contributed by atoms with Crippen LogP contribution in [0, 0.1) is 6.92 Å². The third-order valence-corrected chi connectivity index (χ3v) is 3.29. The van der Waals surface area contributed by atoms with E-state index in [0.29, 0.717) is 16.3 Å². The van der Waals surface area contributed by atoms with E-state index in [9.17, 15) is 9.59 Å². The van der Waals surface area contributed by atoms with Crippen LogP contribution >= 0.6 is 11.6 Å². The first-order chi connectivity index (χ1) is 8.99. The molecule has 2 aromatic rings. The summed E-state index contributed by atoms with van der Waals surface area (Å²) in [6.07, 6.45) is 1.56. The van der Waals surface area contributed by atoms with Crippen LogP contribution in [0.25, 0.3) is 0 Å². The van der Waals surface area contributed by atoms with Gasteiger partial charge in [0, 0.05) is 35.6 Å². The first-order valence-electron chi connectivity index (χ1n) is 5.72. The number of aryl methyl sites for hydroxylation is 1. The molecule has 0 saturated heterocycles. The minimum absolute atomic E-state index is 0.226. The lowest BCUT2D eigenvalue weighted by atomic mass is 10.2. The predicted molar refractivity (Wildman–Crippen MR) is 75.8 cm³/mol. The molecule has 5 heteroatoms. The molecule has 0 spiro atoms. The Kier molecular flexibility index (Phi) is 3.71. The van der Waals surface area contributed by atoms with Gasteiger partial charge in [0.15, 0.2) is 0 Å². The van der Waals surface area contributed by atoms with Gasteiger partial charge in [-0.25, -0.2) is 0 Å². The second kappa shape index (κ2) is 5.28. The maximum atomic E-state index is 12.0. The number of amides is 1. The van der Waals surface area contributed by atoms with Gasteiger partial charge in [-0.1, -0.05) is 17.7 Å². The van der Waals surface area contributed by atoms with E-state index >= 15 is 0 Å². The molecule has 0 fully saturated rings. The lowest BCUT2D eigenvalue weighted by Crippen LogP contribution is -2.20. The zero-order chi connectivity index (χ0) is 14.0. The van der Waals surface area contributed by atoms with E-state index < -0.39 is 0 Å². The average Bonchev–Trinajstić information content (AvgIpc) is 2.38. The van der Waals surface area contributed by atoms with E-state index in [4.69, 9.17) is 11.6 Å². The number of carbonyl (C=O) groups excluding carboxylic acids is 1. The Labute approximate surface area is 115 Å². The van der Waals surface area contributed by atoms with Crippen LogP contribution in [-0.4, -0.2) is 10.5 Å². The highest BCUT2D eigenvalue weighted by atomic mass is 35.5. The second-order valence-electron chi connectivity index (χ2n) is 4.23. The van der Waals surface area contributed by atoms with Crippen LogP contribution in [0.3, 0.4) is 0 Å². The molecule has 0 unspecified atom stereocenters. The van der Waals surface area contributed by atoms with Gasteiger partial charge < -0.3 is 9.88 Å². The summed E-state index contributed by atoms with van der Waals surface area (Å²) < 4.78 is 1.40. The molecule has 0 bridgehead atoms. The molecule has 1 amide bonds. The quantitative estimate of drug-likeness (QED) is 0.917. The number of carbonyl (C=O) groups is 1.